The van der Waals surface area contributed by atoms with Crippen LogP contribution in [0.5, 0.6) is 0 Å². The van der Waals surface area contributed by atoms with E-state index in [1.165, 1.54) is 12.8 Å². The molecule has 0 spiro atoms. The number of nitrogens with zero attached hydrogens (tertiary/aromatic N) is 6. The molecule has 2 rings (SSSR count). The number of hydrogen-bond acceptors (Lipinski definition) is 5. The fraction of sp³-hybridized carbons (Fsp3) is 0.643. The average molecular weight is 276 g/mol. The molecular weight excluding hydrogens is 252 g/mol. The van der Waals surface area contributed by atoms with Gasteiger partial charge in [0.2, 0.25) is 0 Å². The zero-order valence-electron chi connectivity index (χ0n) is 13.1. The van der Waals surface area contributed by atoms with Crippen molar-refractivity contribution >= 4 is 11.6 Å². The van der Waals surface area contributed by atoms with E-state index < -0.39 is 0 Å². The lowest BCUT2D eigenvalue weighted by Gasteiger charge is -2.14. The van der Waals surface area contributed by atoms with Crippen molar-refractivity contribution in [3.63, 3.8) is 0 Å². The van der Waals surface area contributed by atoms with Gasteiger partial charge in [0.1, 0.15) is 5.82 Å². The Labute approximate surface area is 120 Å². The van der Waals surface area contributed by atoms with Gasteiger partial charge in [-0.15, -0.1) is 5.10 Å². The van der Waals surface area contributed by atoms with Crippen LogP contribution in [-0.2, 0) is 6.54 Å². The quantitative estimate of drug-likeness (QED) is 0.804. The first-order chi connectivity index (χ1) is 9.51. The first-order valence-corrected chi connectivity index (χ1v) is 7.10. The van der Waals surface area contributed by atoms with Crippen molar-refractivity contribution in [3.05, 3.63) is 17.6 Å². The zero-order chi connectivity index (χ0) is 14.7. The molecule has 0 bridgehead atoms. The minimum atomic E-state index is 0.674. The second-order valence-electron chi connectivity index (χ2n) is 5.48. The van der Waals surface area contributed by atoms with E-state index in [9.17, 15) is 0 Å². The predicted molar refractivity (Wildman–Crippen MR) is 81.1 cm³/mol. The van der Waals surface area contributed by atoms with Crippen molar-refractivity contribution in [1.29, 1.82) is 0 Å². The van der Waals surface area contributed by atoms with Gasteiger partial charge in [0, 0.05) is 25.9 Å². The lowest BCUT2D eigenvalue weighted by molar-refractivity contribution is 0.313. The summed E-state index contributed by atoms with van der Waals surface area (Å²) in [6.07, 6.45) is 2.40. The molecule has 0 amide bonds. The summed E-state index contributed by atoms with van der Waals surface area (Å²) in [5.41, 5.74) is 0.958. The van der Waals surface area contributed by atoms with Crippen LogP contribution in [0.4, 0.5) is 5.82 Å². The standard InChI is InChI=1S/C14H24N6/c1-6-7-8-19(5)10-12-16-14-15-11(2)9-13(18(3)4)20(14)17-12/h9H,6-8,10H2,1-5H3. The molecule has 6 heteroatoms. The fourth-order valence-corrected chi connectivity index (χ4v) is 2.14. The summed E-state index contributed by atoms with van der Waals surface area (Å²) >= 11 is 0. The molecule has 2 aromatic heterocycles. The summed E-state index contributed by atoms with van der Waals surface area (Å²) < 4.78 is 1.82. The maximum atomic E-state index is 4.58. The van der Waals surface area contributed by atoms with Crippen LogP contribution in [0.2, 0.25) is 0 Å². The summed E-state index contributed by atoms with van der Waals surface area (Å²) in [7, 11) is 6.11. The number of hydrogen-bond donors (Lipinski definition) is 0. The molecule has 0 aliphatic rings. The van der Waals surface area contributed by atoms with Crippen molar-refractivity contribution in [1.82, 2.24) is 24.5 Å². The van der Waals surface area contributed by atoms with Gasteiger partial charge in [-0.1, -0.05) is 13.3 Å². The van der Waals surface area contributed by atoms with Gasteiger partial charge < -0.3 is 4.90 Å². The Balaban J connectivity index is 2.26. The Hall–Kier alpha value is -1.69. The topological polar surface area (TPSA) is 49.6 Å². The Kier molecular flexibility index (Phi) is 4.54. The zero-order valence-corrected chi connectivity index (χ0v) is 13.1. The van der Waals surface area contributed by atoms with Gasteiger partial charge in [-0.2, -0.15) is 9.50 Å². The second-order valence-corrected chi connectivity index (χ2v) is 5.48. The monoisotopic (exact) mass is 276 g/mol. The third-order valence-electron chi connectivity index (χ3n) is 3.23. The van der Waals surface area contributed by atoms with Crippen LogP contribution < -0.4 is 4.90 Å². The van der Waals surface area contributed by atoms with Gasteiger partial charge in [0.25, 0.3) is 5.78 Å². The van der Waals surface area contributed by atoms with Crippen LogP contribution in [0.25, 0.3) is 5.78 Å². The summed E-state index contributed by atoms with van der Waals surface area (Å²) in [4.78, 5) is 13.3. The van der Waals surface area contributed by atoms with Crippen molar-refractivity contribution in [2.45, 2.75) is 33.2 Å². The molecule has 110 valence electrons. The van der Waals surface area contributed by atoms with Crippen LogP contribution in [0, 0.1) is 6.92 Å². The molecule has 0 aliphatic carbocycles. The lowest BCUT2D eigenvalue weighted by atomic mass is 10.3. The molecule has 0 aromatic carbocycles. The molecule has 0 saturated heterocycles. The van der Waals surface area contributed by atoms with Crippen LogP contribution in [0.1, 0.15) is 31.3 Å². The average Bonchev–Trinajstić information content (AvgIpc) is 2.76. The number of aryl methyl sites for hydroxylation is 1. The molecule has 2 heterocycles. The largest absolute Gasteiger partial charge is 0.363 e. The van der Waals surface area contributed by atoms with Crippen LogP contribution >= 0.6 is 0 Å². The minimum Gasteiger partial charge on any atom is -0.363 e. The van der Waals surface area contributed by atoms with E-state index in [0.29, 0.717) is 5.78 Å². The summed E-state index contributed by atoms with van der Waals surface area (Å²) in [6, 6.07) is 2.02. The van der Waals surface area contributed by atoms with Crippen LogP contribution in [-0.4, -0.2) is 52.2 Å². The first kappa shape index (κ1) is 14.7. The highest BCUT2D eigenvalue weighted by atomic mass is 15.4. The van der Waals surface area contributed by atoms with Crippen LogP contribution in [0.3, 0.4) is 0 Å². The van der Waals surface area contributed by atoms with Gasteiger partial charge in [-0.25, -0.2) is 4.98 Å². The predicted octanol–water partition coefficient (Wildman–Crippen LogP) is 1.73. The summed E-state index contributed by atoms with van der Waals surface area (Å²) in [5.74, 6) is 2.50. The van der Waals surface area contributed by atoms with Gasteiger partial charge in [-0.05, 0) is 26.9 Å². The van der Waals surface area contributed by atoms with E-state index in [0.717, 1.165) is 30.4 Å². The van der Waals surface area contributed by atoms with Gasteiger partial charge in [0.05, 0.1) is 6.54 Å². The molecule has 0 saturated carbocycles. The van der Waals surface area contributed by atoms with Crippen molar-refractivity contribution < 1.29 is 0 Å². The summed E-state index contributed by atoms with van der Waals surface area (Å²) in [5, 5.41) is 4.58. The normalized spacial score (nSPS) is 11.5. The number of aromatic nitrogens is 4. The molecule has 0 atom stereocenters. The molecule has 0 N–H and O–H groups in total. The Morgan fingerprint density at radius 2 is 1.95 bits per heavy atom. The SMILES string of the molecule is CCCCN(C)Cc1nc2nc(C)cc(N(C)C)n2n1. The smallest absolute Gasteiger partial charge is 0.254 e. The number of anilines is 1. The lowest BCUT2D eigenvalue weighted by Crippen LogP contribution is -2.20. The fourth-order valence-electron chi connectivity index (χ4n) is 2.14. The molecule has 2 aromatic rings. The Morgan fingerprint density at radius 1 is 1.20 bits per heavy atom. The van der Waals surface area contributed by atoms with E-state index in [4.69, 9.17) is 0 Å². The second kappa shape index (κ2) is 6.17. The molecule has 0 radical (unpaired) electrons. The molecule has 0 fully saturated rings. The Morgan fingerprint density at radius 3 is 2.60 bits per heavy atom. The van der Waals surface area contributed by atoms with E-state index in [2.05, 4.69) is 33.9 Å². The first-order valence-electron chi connectivity index (χ1n) is 7.10. The number of unbranched alkanes of at least 4 members (excludes halogenated alkanes) is 1. The van der Waals surface area contributed by atoms with E-state index >= 15 is 0 Å². The van der Waals surface area contributed by atoms with E-state index in [-0.39, 0.29) is 0 Å². The van der Waals surface area contributed by atoms with Gasteiger partial charge >= 0.3 is 0 Å². The minimum absolute atomic E-state index is 0.674. The van der Waals surface area contributed by atoms with Crippen molar-refractivity contribution in [3.8, 4) is 0 Å². The third kappa shape index (κ3) is 3.25. The maximum absolute atomic E-state index is 4.58. The summed E-state index contributed by atoms with van der Waals surface area (Å²) in [6.45, 7) is 6.01. The van der Waals surface area contributed by atoms with Crippen molar-refractivity contribution in [2.75, 3.05) is 32.6 Å². The molecule has 0 aliphatic heterocycles. The molecule has 0 unspecified atom stereocenters. The van der Waals surface area contributed by atoms with Gasteiger partial charge in [0.15, 0.2) is 5.82 Å². The highest BCUT2D eigenvalue weighted by Crippen LogP contribution is 2.14. The maximum Gasteiger partial charge on any atom is 0.254 e. The van der Waals surface area contributed by atoms with Crippen LogP contribution in [0.15, 0.2) is 6.07 Å². The Bertz CT molecular complexity index is 574. The molecular formula is C14H24N6. The van der Waals surface area contributed by atoms with Crippen molar-refractivity contribution in [2.24, 2.45) is 0 Å². The highest BCUT2D eigenvalue weighted by Gasteiger charge is 2.12. The third-order valence-corrected chi connectivity index (χ3v) is 3.23. The number of fused-ring (bicyclic) bond motifs is 1. The van der Waals surface area contributed by atoms with E-state index in [1.54, 1.807) is 0 Å². The number of rotatable bonds is 6. The molecule has 20 heavy (non-hydrogen) atoms. The van der Waals surface area contributed by atoms with E-state index in [1.807, 2.05) is 36.5 Å². The van der Waals surface area contributed by atoms with Gasteiger partial charge in [-0.3, -0.25) is 4.90 Å². The highest BCUT2D eigenvalue weighted by molar-refractivity contribution is 5.46. The molecule has 6 nitrogen and oxygen atoms in total.